The van der Waals surface area contributed by atoms with Gasteiger partial charge in [-0.25, -0.2) is 0 Å². The molecule has 0 spiro atoms. The van der Waals surface area contributed by atoms with E-state index in [0.717, 1.165) is 24.2 Å². The van der Waals surface area contributed by atoms with Crippen LogP contribution in [0.5, 0.6) is 11.5 Å². The Morgan fingerprint density at radius 1 is 1.15 bits per heavy atom. The van der Waals surface area contributed by atoms with E-state index in [4.69, 9.17) is 19.7 Å². The highest BCUT2D eigenvalue weighted by Crippen LogP contribution is 2.39. The summed E-state index contributed by atoms with van der Waals surface area (Å²) in [6.07, 6.45) is 2.30. The molecular weight excluding hydrogens is 258 g/mol. The molecule has 1 unspecified atom stereocenters. The van der Waals surface area contributed by atoms with E-state index < -0.39 is 0 Å². The topological polar surface area (TPSA) is 83.4 Å². The fourth-order valence-electron chi connectivity index (χ4n) is 2.33. The van der Waals surface area contributed by atoms with Crippen LogP contribution in [-0.2, 0) is 0 Å². The van der Waals surface area contributed by atoms with Gasteiger partial charge >= 0.3 is 0 Å². The average Bonchev–Trinajstić information content (AvgIpc) is 3.23. The zero-order valence-corrected chi connectivity index (χ0v) is 10.9. The third-order valence-corrected chi connectivity index (χ3v) is 3.66. The Morgan fingerprint density at radius 2 is 1.95 bits per heavy atom. The predicted octanol–water partition coefficient (Wildman–Crippen LogP) is 1.92. The summed E-state index contributed by atoms with van der Waals surface area (Å²) < 4.78 is 16.3. The minimum Gasteiger partial charge on any atom is -0.486 e. The fraction of sp³-hybridized carbons (Fsp3) is 0.429. The van der Waals surface area contributed by atoms with Crippen molar-refractivity contribution in [1.82, 2.24) is 10.1 Å². The molecule has 1 aliphatic heterocycles. The molecule has 20 heavy (non-hydrogen) atoms. The molecular formula is C14H15N3O3. The molecule has 2 aromatic rings. The molecule has 1 aromatic heterocycles. The van der Waals surface area contributed by atoms with Gasteiger partial charge in [-0.3, -0.25) is 0 Å². The van der Waals surface area contributed by atoms with E-state index in [2.05, 4.69) is 10.1 Å². The summed E-state index contributed by atoms with van der Waals surface area (Å²) in [5.41, 5.74) is 6.89. The first-order valence-corrected chi connectivity index (χ1v) is 6.80. The summed E-state index contributed by atoms with van der Waals surface area (Å²) in [4.78, 5) is 4.39. The molecule has 0 saturated heterocycles. The van der Waals surface area contributed by atoms with Crippen molar-refractivity contribution in [1.29, 1.82) is 0 Å². The van der Waals surface area contributed by atoms with E-state index in [9.17, 15) is 0 Å². The van der Waals surface area contributed by atoms with Crippen LogP contribution < -0.4 is 15.2 Å². The van der Waals surface area contributed by atoms with Gasteiger partial charge in [-0.1, -0.05) is 5.16 Å². The largest absolute Gasteiger partial charge is 0.486 e. The summed E-state index contributed by atoms with van der Waals surface area (Å²) in [6, 6.07) is 5.47. The van der Waals surface area contributed by atoms with Crippen LogP contribution in [0.3, 0.4) is 0 Å². The van der Waals surface area contributed by atoms with Gasteiger partial charge in [0.2, 0.25) is 0 Å². The summed E-state index contributed by atoms with van der Waals surface area (Å²) in [5, 5.41) is 3.98. The smallest absolute Gasteiger partial charge is 0.258 e. The molecule has 1 aliphatic carbocycles. The highest BCUT2D eigenvalue weighted by atomic mass is 16.6. The van der Waals surface area contributed by atoms with Gasteiger partial charge < -0.3 is 19.7 Å². The van der Waals surface area contributed by atoms with Crippen molar-refractivity contribution >= 4 is 0 Å². The van der Waals surface area contributed by atoms with E-state index in [1.54, 1.807) is 0 Å². The monoisotopic (exact) mass is 273 g/mol. The molecule has 0 bridgehead atoms. The minimum atomic E-state index is -0.121. The van der Waals surface area contributed by atoms with E-state index in [1.807, 2.05) is 18.2 Å². The fourth-order valence-corrected chi connectivity index (χ4v) is 2.33. The van der Waals surface area contributed by atoms with Crippen molar-refractivity contribution < 1.29 is 14.0 Å². The van der Waals surface area contributed by atoms with E-state index in [1.165, 1.54) is 0 Å². The average molecular weight is 273 g/mol. The van der Waals surface area contributed by atoms with Gasteiger partial charge in [-0.15, -0.1) is 0 Å². The van der Waals surface area contributed by atoms with Crippen LogP contribution in [0.1, 0.15) is 24.7 Å². The summed E-state index contributed by atoms with van der Waals surface area (Å²) in [7, 11) is 0. The van der Waals surface area contributed by atoms with E-state index >= 15 is 0 Å². The minimum absolute atomic E-state index is 0.121. The number of hydrogen-bond donors (Lipinski definition) is 1. The Morgan fingerprint density at radius 3 is 2.75 bits per heavy atom. The number of aromatic nitrogens is 2. The Hall–Kier alpha value is -2.08. The van der Waals surface area contributed by atoms with Crippen molar-refractivity contribution in [2.45, 2.75) is 18.9 Å². The molecule has 1 saturated carbocycles. The van der Waals surface area contributed by atoms with Gasteiger partial charge in [-0.2, -0.15) is 4.98 Å². The Balaban J connectivity index is 1.63. The third-order valence-electron chi connectivity index (χ3n) is 3.66. The molecule has 2 N–H and O–H groups in total. The molecule has 1 fully saturated rings. The van der Waals surface area contributed by atoms with Crippen molar-refractivity contribution in [3.63, 3.8) is 0 Å². The van der Waals surface area contributed by atoms with Crippen LogP contribution in [0, 0.1) is 5.92 Å². The molecule has 1 aromatic carbocycles. The number of fused-ring (bicyclic) bond motifs is 1. The molecule has 2 aliphatic rings. The zero-order chi connectivity index (χ0) is 13.5. The molecule has 6 nitrogen and oxygen atoms in total. The van der Waals surface area contributed by atoms with Gasteiger partial charge in [0, 0.05) is 5.56 Å². The van der Waals surface area contributed by atoms with Crippen molar-refractivity contribution in [3.05, 3.63) is 24.0 Å². The summed E-state index contributed by atoms with van der Waals surface area (Å²) >= 11 is 0. The number of ether oxygens (including phenoxy) is 2. The quantitative estimate of drug-likeness (QED) is 0.919. The molecule has 0 radical (unpaired) electrons. The lowest BCUT2D eigenvalue weighted by Gasteiger charge is -2.18. The Kier molecular flexibility index (Phi) is 2.63. The standard InChI is InChI=1S/C14H15N3O3/c15-12(8-1-2-8)13-16-14(20-17-13)9-3-4-10-11(7-9)19-6-5-18-10/h3-4,7-8,12H,1-2,5-6,15H2. The second-order valence-electron chi connectivity index (χ2n) is 5.18. The lowest BCUT2D eigenvalue weighted by molar-refractivity contribution is 0.171. The number of rotatable bonds is 3. The van der Waals surface area contributed by atoms with Crippen LogP contribution in [0.2, 0.25) is 0 Å². The second kappa shape index (κ2) is 4.49. The number of nitrogens with zero attached hydrogens (tertiary/aromatic N) is 2. The maximum atomic E-state index is 6.07. The molecule has 104 valence electrons. The first-order chi connectivity index (χ1) is 9.81. The van der Waals surface area contributed by atoms with Crippen LogP contribution in [0.4, 0.5) is 0 Å². The van der Waals surface area contributed by atoms with Crippen LogP contribution >= 0.6 is 0 Å². The first-order valence-electron chi connectivity index (χ1n) is 6.80. The Bertz CT molecular complexity index is 636. The highest BCUT2D eigenvalue weighted by Gasteiger charge is 2.32. The number of hydrogen-bond acceptors (Lipinski definition) is 6. The lowest BCUT2D eigenvalue weighted by Crippen LogP contribution is -2.15. The van der Waals surface area contributed by atoms with Gasteiger partial charge in [-0.05, 0) is 37.0 Å². The van der Waals surface area contributed by atoms with Crippen molar-refractivity contribution in [3.8, 4) is 23.0 Å². The van der Waals surface area contributed by atoms with Gasteiger partial charge in [0.25, 0.3) is 5.89 Å². The molecule has 2 heterocycles. The number of nitrogens with two attached hydrogens (primary N) is 1. The van der Waals surface area contributed by atoms with Crippen LogP contribution in [-0.4, -0.2) is 23.4 Å². The molecule has 6 heteroatoms. The maximum absolute atomic E-state index is 6.07. The highest BCUT2D eigenvalue weighted by molar-refractivity contribution is 5.60. The summed E-state index contributed by atoms with van der Waals surface area (Å²) in [5.74, 6) is 3.00. The van der Waals surface area contributed by atoms with Gasteiger partial charge in [0.1, 0.15) is 13.2 Å². The second-order valence-corrected chi connectivity index (χ2v) is 5.18. The number of benzene rings is 1. The van der Waals surface area contributed by atoms with Crippen LogP contribution in [0.25, 0.3) is 11.5 Å². The molecule has 4 rings (SSSR count). The van der Waals surface area contributed by atoms with Crippen molar-refractivity contribution in [2.24, 2.45) is 11.7 Å². The molecule has 0 amide bonds. The third kappa shape index (κ3) is 2.02. The SMILES string of the molecule is NC(c1noc(-c2ccc3c(c2)OCCO3)n1)C1CC1. The van der Waals surface area contributed by atoms with E-state index in [-0.39, 0.29) is 6.04 Å². The van der Waals surface area contributed by atoms with E-state index in [0.29, 0.717) is 36.6 Å². The molecule has 1 atom stereocenters. The van der Waals surface area contributed by atoms with Gasteiger partial charge in [0.05, 0.1) is 6.04 Å². The summed E-state index contributed by atoms with van der Waals surface area (Å²) in [6.45, 7) is 1.13. The van der Waals surface area contributed by atoms with Gasteiger partial charge in [0.15, 0.2) is 17.3 Å². The maximum Gasteiger partial charge on any atom is 0.258 e. The lowest BCUT2D eigenvalue weighted by atomic mass is 10.2. The Labute approximate surface area is 115 Å². The predicted molar refractivity (Wildman–Crippen MR) is 70.4 cm³/mol. The van der Waals surface area contributed by atoms with Crippen molar-refractivity contribution in [2.75, 3.05) is 13.2 Å². The normalized spacial score (nSPS) is 18.9. The zero-order valence-electron chi connectivity index (χ0n) is 10.9. The van der Waals surface area contributed by atoms with Crippen LogP contribution in [0.15, 0.2) is 22.7 Å². The first kappa shape index (κ1) is 11.7.